The summed E-state index contributed by atoms with van der Waals surface area (Å²) in [6.45, 7) is 1.97. The van der Waals surface area contributed by atoms with E-state index in [0.29, 0.717) is 0 Å². The van der Waals surface area contributed by atoms with Crippen molar-refractivity contribution in [1.82, 2.24) is 0 Å². The molecule has 0 saturated carbocycles. The minimum absolute atomic E-state index is 0.956. The summed E-state index contributed by atoms with van der Waals surface area (Å²) >= 11 is 3.33. The first-order valence-corrected chi connectivity index (χ1v) is 6.27. The maximum atomic E-state index is 4.14. The third-order valence-corrected chi connectivity index (χ3v) is 3.60. The lowest BCUT2D eigenvalue weighted by Gasteiger charge is -1.90. The first kappa shape index (κ1) is 10.3. The van der Waals surface area contributed by atoms with E-state index < -0.39 is 0 Å². The minimum Gasteiger partial charge on any atom is -0.157 e. The van der Waals surface area contributed by atoms with E-state index in [2.05, 4.69) is 10.2 Å². The highest BCUT2D eigenvalue weighted by Gasteiger charge is 1.95. The van der Waals surface area contributed by atoms with E-state index >= 15 is 0 Å². The second-order valence-corrected chi connectivity index (χ2v) is 4.85. The Hall–Kier alpha value is -1.26. The van der Waals surface area contributed by atoms with E-state index in [-0.39, 0.29) is 0 Å². The molecule has 2 aromatic rings. The highest BCUT2D eigenvalue weighted by Crippen LogP contribution is 2.10. The molecule has 0 fully saturated rings. The van der Waals surface area contributed by atoms with Crippen LogP contribution in [-0.2, 0) is 0 Å². The van der Waals surface area contributed by atoms with Gasteiger partial charge >= 0.3 is 0 Å². The first-order chi connectivity index (χ1) is 7.36. The fourth-order valence-electron chi connectivity index (χ4n) is 1.07. The lowest BCUT2D eigenvalue weighted by atomic mass is 10.3. The monoisotopic (exact) mass is 234 g/mol. The van der Waals surface area contributed by atoms with Gasteiger partial charge in [0.15, 0.2) is 0 Å². The smallest absolute Gasteiger partial charge is 0.0771 e. The normalized spacial score (nSPS) is 12.5. The van der Waals surface area contributed by atoms with Crippen molar-refractivity contribution < 1.29 is 0 Å². The van der Waals surface area contributed by atoms with Crippen molar-refractivity contribution >= 4 is 34.6 Å². The van der Waals surface area contributed by atoms with Crippen molar-refractivity contribution in [2.45, 2.75) is 6.92 Å². The van der Waals surface area contributed by atoms with Crippen LogP contribution < -0.4 is 0 Å². The van der Waals surface area contributed by atoms with E-state index in [1.54, 1.807) is 28.9 Å². The molecule has 0 atom stereocenters. The summed E-state index contributed by atoms with van der Waals surface area (Å²) in [7, 11) is 0. The Morgan fingerprint density at radius 1 is 1.20 bits per heavy atom. The summed E-state index contributed by atoms with van der Waals surface area (Å²) in [6.07, 6.45) is 1.78. The van der Waals surface area contributed by atoms with Gasteiger partial charge in [-0.05, 0) is 29.8 Å². The van der Waals surface area contributed by atoms with Crippen molar-refractivity contribution in [3.63, 3.8) is 0 Å². The van der Waals surface area contributed by atoms with Gasteiger partial charge in [0.05, 0.1) is 16.8 Å². The van der Waals surface area contributed by atoms with Gasteiger partial charge in [-0.2, -0.15) is 10.2 Å². The van der Waals surface area contributed by atoms with E-state index in [1.165, 1.54) is 4.88 Å². The summed E-state index contributed by atoms with van der Waals surface area (Å²) in [6, 6.07) is 8.08. The van der Waals surface area contributed by atoms with Crippen LogP contribution in [0.2, 0.25) is 0 Å². The van der Waals surface area contributed by atoms with Gasteiger partial charge in [-0.15, -0.1) is 22.7 Å². The molecule has 0 aliphatic carbocycles. The zero-order chi connectivity index (χ0) is 10.5. The van der Waals surface area contributed by atoms with Crippen LogP contribution >= 0.6 is 22.7 Å². The van der Waals surface area contributed by atoms with Crippen LogP contribution in [0.5, 0.6) is 0 Å². The summed E-state index contributed by atoms with van der Waals surface area (Å²) in [5, 5.41) is 12.3. The Morgan fingerprint density at radius 2 is 2.00 bits per heavy atom. The molecule has 0 aliphatic rings. The number of thiophene rings is 2. The maximum absolute atomic E-state index is 4.14. The first-order valence-electron chi connectivity index (χ1n) is 4.51. The van der Waals surface area contributed by atoms with Gasteiger partial charge in [0.25, 0.3) is 0 Å². The Kier molecular flexibility index (Phi) is 3.42. The second-order valence-electron chi connectivity index (χ2n) is 2.92. The summed E-state index contributed by atoms with van der Waals surface area (Å²) in [5.41, 5.74) is 0.956. The van der Waals surface area contributed by atoms with Crippen LogP contribution in [0.3, 0.4) is 0 Å². The van der Waals surface area contributed by atoms with E-state index in [4.69, 9.17) is 0 Å². The Labute approximate surface area is 96.6 Å². The predicted molar refractivity (Wildman–Crippen MR) is 68.4 cm³/mol. The summed E-state index contributed by atoms with van der Waals surface area (Å²) in [4.78, 5) is 2.29. The maximum Gasteiger partial charge on any atom is 0.0771 e. The minimum atomic E-state index is 0.956. The number of nitrogens with zero attached hydrogens (tertiary/aromatic N) is 2. The van der Waals surface area contributed by atoms with Crippen molar-refractivity contribution in [2.75, 3.05) is 0 Å². The molecule has 0 saturated heterocycles. The average molecular weight is 234 g/mol. The van der Waals surface area contributed by atoms with Gasteiger partial charge in [-0.1, -0.05) is 12.1 Å². The molecule has 0 radical (unpaired) electrons. The molecule has 76 valence electrons. The average Bonchev–Trinajstić information content (AvgIpc) is 2.90. The van der Waals surface area contributed by atoms with Crippen LogP contribution in [0.1, 0.15) is 16.7 Å². The highest BCUT2D eigenvalue weighted by molar-refractivity contribution is 7.12. The molecule has 0 amide bonds. The Bertz CT molecular complexity index is 453. The molecule has 2 aromatic heterocycles. The van der Waals surface area contributed by atoms with Gasteiger partial charge < -0.3 is 0 Å². The highest BCUT2D eigenvalue weighted by atomic mass is 32.1. The molecule has 2 nitrogen and oxygen atoms in total. The van der Waals surface area contributed by atoms with Crippen molar-refractivity contribution in [3.8, 4) is 0 Å². The van der Waals surface area contributed by atoms with Crippen LogP contribution in [0.4, 0.5) is 0 Å². The molecule has 0 aliphatic heterocycles. The van der Waals surface area contributed by atoms with Crippen molar-refractivity contribution in [2.24, 2.45) is 10.2 Å². The number of hydrogen-bond acceptors (Lipinski definition) is 4. The molecule has 2 rings (SSSR count). The Balaban J connectivity index is 2.06. The molecule has 15 heavy (non-hydrogen) atoms. The lowest BCUT2D eigenvalue weighted by Crippen LogP contribution is -1.88. The number of hydrogen-bond donors (Lipinski definition) is 0. The quantitative estimate of drug-likeness (QED) is 0.572. The zero-order valence-corrected chi connectivity index (χ0v) is 9.89. The molecule has 0 unspecified atom stereocenters. The molecule has 0 bridgehead atoms. The molecule has 4 heteroatoms. The second kappa shape index (κ2) is 5.00. The van der Waals surface area contributed by atoms with Crippen molar-refractivity contribution in [1.29, 1.82) is 0 Å². The molecular weight excluding hydrogens is 224 g/mol. The van der Waals surface area contributed by atoms with Crippen LogP contribution in [0, 0.1) is 0 Å². The zero-order valence-electron chi connectivity index (χ0n) is 8.25. The van der Waals surface area contributed by atoms with Gasteiger partial charge in [-0.25, -0.2) is 0 Å². The molecule has 0 N–H and O–H groups in total. The molecule has 2 heterocycles. The van der Waals surface area contributed by atoms with Gasteiger partial charge in [0.1, 0.15) is 0 Å². The largest absolute Gasteiger partial charge is 0.157 e. The van der Waals surface area contributed by atoms with Gasteiger partial charge in [0.2, 0.25) is 0 Å². The van der Waals surface area contributed by atoms with Crippen LogP contribution in [-0.4, -0.2) is 11.9 Å². The Morgan fingerprint density at radius 3 is 2.67 bits per heavy atom. The third kappa shape index (κ3) is 2.84. The van der Waals surface area contributed by atoms with Crippen LogP contribution in [0.15, 0.2) is 45.2 Å². The van der Waals surface area contributed by atoms with Gasteiger partial charge in [-0.3, -0.25) is 0 Å². The predicted octanol–water partition coefficient (Wildman–Crippen LogP) is 3.65. The van der Waals surface area contributed by atoms with E-state index in [9.17, 15) is 0 Å². The number of rotatable bonds is 3. The fourth-order valence-corrected chi connectivity index (χ4v) is 2.32. The summed E-state index contributed by atoms with van der Waals surface area (Å²) in [5.74, 6) is 0. The van der Waals surface area contributed by atoms with Crippen LogP contribution in [0.25, 0.3) is 0 Å². The van der Waals surface area contributed by atoms with E-state index in [0.717, 1.165) is 10.6 Å². The SMILES string of the molecule is CC(=NN=Cc1cccs1)c1cccs1. The third-order valence-electron chi connectivity index (χ3n) is 1.81. The topological polar surface area (TPSA) is 24.7 Å². The molecular formula is C11H10N2S2. The molecule has 0 spiro atoms. The molecule has 0 aromatic carbocycles. The lowest BCUT2D eigenvalue weighted by molar-refractivity contribution is 1.25. The van der Waals surface area contributed by atoms with E-state index in [1.807, 2.05) is 41.9 Å². The van der Waals surface area contributed by atoms with Crippen molar-refractivity contribution in [3.05, 3.63) is 44.8 Å². The standard InChI is InChI=1S/C11H10N2S2/c1-9(11-5-3-7-15-11)13-12-8-10-4-2-6-14-10/h2-8H,1H3. The summed E-state index contributed by atoms with van der Waals surface area (Å²) < 4.78 is 0. The van der Waals surface area contributed by atoms with Gasteiger partial charge in [0, 0.05) is 4.88 Å². The fraction of sp³-hybridized carbons (Fsp3) is 0.0909.